The summed E-state index contributed by atoms with van der Waals surface area (Å²) in [4.78, 5) is 11.8. The van der Waals surface area contributed by atoms with Crippen LogP contribution in [0.3, 0.4) is 0 Å². The summed E-state index contributed by atoms with van der Waals surface area (Å²) >= 11 is 0. The topological polar surface area (TPSA) is 47.6 Å². The van der Waals surface area contributed by atoms with Crippen LogP contribution in [0.1, 0.15) is 52.4 Å². The molecule has 0 aromatic carbocycles. The third-order valence-electron chi connectivity index (χ3n) is 3.73. The monoisotopic (exact) mass is 271 g/mol. The van der Waals surface area contributed by atoms with Crippen LogP contribution in [0, 0.1) is 5.92 Å². The molecule has 19 heavy (non-hydrogen) atoms. The smallest absolute Gasteiger partial charge is 0.325 e. The van der Waals surface area contributed by atoms with Crippen molar-refractivity contribution >= 4 is 5.97 Å². The van der Waals surface area contributed by atoms with Gasteiger partial charge in [-0.1, -0.05) is 19.8 Å². The van der Waals surface area contributed by atoms with E-state index < -0.39 is 5.54 Å². The van der Waals surface area contributed by atoms with Crippen LogP contribution >= 0.6 is 0 Å². The summed E-state index contributed by atoms with van der Waals surface area (Å²) in [6, 6.07) is 0. The first-order valence-corrected chi connectivity index (χ1v) is 7.53. The summed E-state index contributed by atoms with van der Waals surface area (Å²) in [6.07, 6.45) is 6.60. The molecule has 1 aliphatic rings. The van der Waals surface area contributed by atoms with Gasteiger partial charge in [-0.05, 0) is 45.1 Å². The van der Waals surface area contributed by atoms with Crippen LogP contribution in [0.5, 0.6) is 0 Å². The van der Waals surface area contributed by atoms with Crippen LogP contribution in [0.4, 0.5) is 0 Å². The largest absolute Gasteiger partial charge is 0.468 e. The van der Waals surface area contributed by atoms with Crippen LogP contribution in [0.15, 0.2) is 0 Å². The molecule has 0 aliphatic heterocycles. The summed E-state index contributed by atoms with van der Waals surface area (Å²) < 4.78 is 10.5. The summed E-state index contributed by atoms with van der Waals surface area (Å²) in [5, 5.41) is 3.29. The molecule has 1 unspecified atom stereocenters. The maximum atomic E-state index is 11.8. The number of carbonyl (C=O) groups is 1. The van der Waals surface area contributed by atoms with Crippen molar-refractivity contribution in [1.82, 2.24) is 5.32 Å². The van der Waals surface area contributed by atoms with Gasteiger partial charge in [-0.15, -0.1) is 0 Å². The zero-order chi connectivity index (χ0) is 14.1. The molecule has 112 valence electrons. The van der Waals surface area contributed by atoms with E-state index in [1.54, 1.807) is 0 Å². The van der Waals surface area contributed by atoms with Crippen molar-refractivity contribution in [2.24, 2.45) is 5.92 Å². The molecule has 0 aromatic heterocycles. The molecule has 0 aromatic rings. The first-order valence-electron chi connectivity index (χ1n) is 7.53. The van der Waals surface area contributed by atoms with E-state index >= 15 is 0 Å². The van der Waals surface area contributed by atoms with Gasteiger partial charge in [-0.2, -0.15) is 0 Å². The number of hydrogen-bond acceptors (Lipinski definition) is 4. The van der Waals surface area contributed by atoms with Crippen molar-refractivity contribution in [3.05, 3.63) is 0 Å². The predicted octanol–water partition coefficient (Wildman–Crippen LogP) is 2.51. The van der Waals surface area contributed by atoms with Crippen LogP contribution < -0.4 is 5.32 Å². The number of rotatable bonds is 11. The minimum absolute atomic E-state index is 0.182. The van der Waals surface area contributed by atoms with Crippen molar-refractivity contribution in [3.8, 4) is 0 Å². The minimum atomic E-state index is -0.579. The molecule has 1 saturated carbocycles. The van der Waals surface area contributed by atoms with Crippen molar-refractivity contribution < 1.29 is 14.3 Å². The Hall–Kier alpha value is -0.610. The Morgan fingerprint density at radius 1 is 1.37 bits per heavy atom. The summed E-state index contributed by atoms with van der Waals surface area (Å²) in [6.45, 7) is 6.42. The molecule has 0 amide bonds. The Balaban J connectivity index is 2.16. The average Bonchev–Trinajstić information content (AvgIpc) is 3.23. The van der Waals surface area contributed by atoms with Gasteiger partial charge in [0.1, 0.15) is 5.54 Å². The molecule has 4 nitrogen and oxygen atoms in total. The van der Waals surface area contributed by atoms with E-state index in [2.05, 4.69) is 12.2 Å². The van der Waals surface area contributed by atoms with E-state index in [-0.39, 0.29) is 5.97 Å². The molecule has 1 N–H and O–H groups in total. The van der Waals surface area contributed by atoms with Gasteiger partial charge in [0.2, 0.25) is 0 Å². The highest BCUT2D eigenvalue weighted by atomic mass is 16.5. The van der Waals surface area contributed by atoms with Gasteiger partial charge < -0.3 is 14.8 Å². The molecule has 1 fully saturated rings. The number of carbonyl (C=O) groups excluding carboxylic acids is 1. The predicted molar refractivity (Wildman–Crippen MR) is 76.1 cm³/mol. The molecule has 4 heteroatoms. The van der Waals surface area contributed by atoms with Crippen LogP contribution in [-0.2, 0) is 14.3 Å². The Morgan fingerprint density at radius 2 is 2.11 bits per heavy atom. The van der Waals surface area contributed by atoms with Crippen LogP contribution in [-0.4, -0.2) is 38.4 Å². The number of hydrogen-bond donors (Lipinski definition) is 1. The highest BCUT2D eigenvalue weighted by Crippen LogP contribution is 2.32. The molecule has 0 heterocycles. The zero-order valence-corrected chi connectivity index (χ0v) is 12.7. The van der Waals surface area contributed by atoms with E-state index in [4.69, 9.17) is 9.47 Å². The third-order valence-corrected chi connectivity index (χ3v) is 3.73. The lowest BCUT2D eigenvalue weighted by Gasteiger charge is -2.28. The minimum Gasteiger partial charge on any atom is -0.468 e. The maximum absolute atomic E-state index is 11.8. The normalized spacial score (nSPS) is 18.1. The fraction of sp³-hybridized carbons (Fsp3) is 0.933. The molecule has 0 radical (unpaired) electrons. The Labute approximate surface area is 117 Å². The molecular weight excluding hydrogens is 242 g/mol. The molecule has 0 saturated heterocycles. The van der Waals surface area contributed by atoms with Crippen molar-refractivity contribution in [1.29, 1.82) is 0 Å². The summed E-state index contributed by atoms with van der Waals surface area (Å²) in [5.41, 5.74) is -0.579. The lowest BCUT2D eigenvalue weighted by molar-refractivity contribution is -0.148. The summed E-state index contributed by atoms with van der Waals surface area (Å²) in [5.74, 6) is 0.741. The van der Waals surface area contributed by atoms with Gasteiger partial charge in [0.05, 0.1) is 7.11 Å². The Morgan fingerprint density at radius 3 is 2.68 bits per heavy atom. The number of methoxy groups -OCH3 is 1. The summed E-state index contributed by atoms with van der Waals surface area (Å²) in [7, 11) is 1.44. The molecule has 0 spiro atoms. The van der Waals surface area contributed by atoms with Crippen LogP contribution in [0.2, 0.25) is 0 Å². The van der Waals surface area contributed by atoms with E-state index in [0.717, 1.165) is 44.9 Å². The molecule has 1 atom stereocenters. The van der Waals surface area contributed by atoms with Gasteiger partial charge in [-0.25, -0.2) is 0 Å². The fourth-order valence-electron chi connectivity index (χ4n) is 2.18. The first-order chi connectivity index (χ1) is 9.12. The fourth-order valence-corrected chi connectivity index (χ4v) is 2.18. The third kappa shape index (κ3) is 6.39. The van der Waals surface area contributed by atoms with Crippen molar-refractivity contribution in [3.63, 3.8) is 0 Å². The average molecular weight is 271 g/mol. The molecule has 0 bridgehead atoms. The second kappa shape index (κ2) is 8.54. The Bertz CT molecular complexity index is 266. The molecular formula is C15H29NO3. The highest BCUT2D eigenvalue weighted by molar-refractivity contribution is 5.80. The lowest BCUT2D eigenvalue weighted by atomic mass is 9.96. The second-order valence-corrected chi connectivity index (χ2v) is 5.70. The quantitative estimate of drug-likeness (QED) is 0.463. The zero-order valence-electron chi connectivity index (χ0n) is 12.7. The second-order valence-electron chi connectivity index (χ2n) is 5.70. The standard InChI is InChI=1S/C15H29NO3/c1-4-10-16-15(2,14(17)18-3)9-5-11-19-12-8-13-6-7-13/h13,16H,4-12H2,1-3H3. The Kier molecular flexibility index (Phi) is 7.39. The van der Waals surface area contributed by atoms with Crippen molar-refractivity contribution in [2.75, 3.05) is 26.9 Å². The van der Waals surface area contributed by atoms with E-state index in [1.807, 2.05) is 6.92 Å². The van der Waals surface area contributed by atoms with Crippen molar-refractivity contribution in [2.45, 2.75) is 57.9 Å². The lowest BCUT2D eigenvalue weighted by Crippen LogP contribution is -2.50. The van der Waals surface area contributed by atoms with E-state index in [1.165, 1.54) is 26.4 Å². The SMILES string of the molecule is CCCNC(C)(CCCOCCC1CC1)C(=O)OC. The van der Waals surface area contributed by atoms with Gasteiger partial charge >= 0.3 is 5.97 Å². The van der Waals surface area contributed by atoms with Gasteiger partial charge in [0.25, 0.3) is 0 Å². The molecule has 1 rings (SSSR count). The van der Waals surface area contributed by atoms with Gasteiger partial charge in [-0.3, -0.25) is 4.79 Å². The maximum Gasteiger partial charge on any atom is 0.325 e. The van der Waals surface area contributed by atoms with E-state index in [9.17, 15) is 4.79 Å². The first kappa shape index (κ1) is 16.4. The number of nitrogens with one attached hydrogen (secondary N) is 1. The number of ether oxygens (including phenoxy) is 2. The molecule has 1 aliphatic carbocycles. The number of esters is 1. The van der Waals surface area contributed by atoms with E-state index in [0.29, 0.717) is 0 Å². The van der Waals surface area contributed by atoms with Gasteiger partial charge in [0.15, 0.2) is 0 Å². The van der Waals surface area contributed by atoms with Gasteiger partial charge in [0, 0.05) is 13.2 Å². The highest BCUT2D eigenvalue weighted by Gasteiger charge is 2.32. The van der Waals surface area contributed by atoms with Crippen LogP contribution in [0.25, 0.3) is 0 Å².